The van der Waals surface area contributed by atoms with Gasteiger partial charge in [-0.25, -0.2) is 4.98 Å². The van der Waals surface area contributed by atoms with Crippen LogP contribution in [0.2, 0.25) is 0 Å². The van der Waals surface area contributed by atoms with Gasteiger partial charge in [-0.15, -0.1) is 0 Å². The van der Waals surface area contributed by atoms with Crippen molar-refractivity contribution in [1.82, 2.24) is 9.97 Å². The summed E-state index contributed by atoms with van der Waals surface area (Å²) in [5.74, 6) is 1.13. The Bertz CT molecular complexity index is 380. The molecule has 80 valence electrons. The summed E-state index contributed by atoms with van der Waals surface area (Å²) in [6, 6.07) is 2.25. The molecule has 0 unspecified atom stereocenters. The van der Waals surface area contributed by atoms with Gasteiger partial charge < -0.3 is 11.1 Å². The molecule has 0 amide bonds. The highest BCUT2D eigenvalue weighted by Gasteiger charge is 2.11. The maximum absolute atomic E-state index is 8.85. The Kier molecular flexibility index (Phi) is 3.45. The standard InChI is InChI=1S/C10H15N5/c1-6(2)7(3)14-9-8(4-11)5-13-10(12)15-9/h5-7H,1-3H3,(H3,12,13,14,15)/t7-/m1/s1. The lowest BCUT2D eigenvalue weighted by atomic mass is 10.1. The zero-order valence-electron chi connectivity index (χ0n) is 9.15. The molecule has 15 heavy (non-hydrogen) atoms. The van der Waals surface area contributed by atoms with Gasteiger partial charge in [0.05, 0.1) is 6.20 Å². The number of hydrogen-bond donors (Lipinski definition) is 2. The molecule has 0 saturated carbocycles. The molecule has 1 heterocycles. The molecule has 1 aromatic heterocycles. The van der Waals surface area contributed by atoms with Crippen molar-refractivity contribution in [1.29, 1.82) is 5.26 Å². The topological polar surface area (TPSA) is 87.6 Å². The highest BCUT2D eigenvalue weighted by atomic mass is 15.1. The van der Waals surface area contributed by atoms with E-state index >= 15 is 0 Å². The molecule has 0 aliphatic heterocycles. The third kappa shape index (κ3) is 2.81. The van der Waals surface area contributed by atoms with Crippen LogP contribution in [0.5, 0.6) is 0 Å². The van der Waals surface area contributed by atoms with E-state index in [4.69, 9.17) is 11.0 Å². The molecule has 1 aromatic rings. The molecule has 0 aliphatic rings. The zero-order chi connectivity index (χ0) is 11.4. The van der Waals surface area contributed by atoms with Crippen LogP contribution < -0.4 is 11.1 Å². The molecular weight excluding hydrogens is 190 g/mol. The second-order valence-corrected chi connectivity index (χ2v) is 3.78. The third-order valence-corrected chi connectivity index (χ3v) is 2.29. The number of rotatable bonds is 3. The van der Waals surface area contributed by atoms with Crippen LogP contribution in [0.25, 0.3) is 0 Å². The second kappa shape index (κ2) is 4.60. The van der Waals surface area contributed by atoms with E-state index in [9.17, 15) is 0 Å². The highest BCUT2D eigenvalue weighted by molar-refractivity contribution is 5.53. The molecule has 5 heteroatoms. The molecule has 0 spiro atoms. The quantitative estimate of drug-likeness (QED) is 0.778. The minimum absolute atomic E-state index is 0.174. The first kappa shape index (κ1) is 11.2. The first-order valence-corrected chi connectivity index (χ1v) is 4.83. The van der Waals surface area contributed by atoms with E-state index in [1.165, 1.54) is 6.20 Å². The molecule has 1 atom stereocenters. The van der Waals surface area contributed by atoms with E-state index in [1.54, 1.807) is 0 Å². The Morgan fingerprint density at radius 1 is 1.47 bits per heavy atom. The van der Waals surface area contributed by atoms with Crippen LogP contribution in [-0.4, -0.2) is 16.0 Å². The molecule has 0 bridgehead atoms. The van der Waals surface area contributed by atoms with E-state index in [0.29, 0.717) is 17.3 Å². The Balaban J connectivity index is 2.93. The predicted octanol–water partition coefficient (Wildman–Crippen LogP) is 1.39. The van der Waals surface area contributed by atoms with Crippen LogP contribution >= 0.6 is 0 Å². The van der Waals surface area contributed by atoms with E-state index in [0.717, 1.165) is 0 Å². The molecule has 0 aliphatic carbocycles. The van der Waals surface area contributed by atoms with Gasteiger partial charge in [0.15, 0.2) is 0 Å². The van der Waals surface area contributed by atoms with Crippen molar-refractivity contribution in [3.05, 3.63) is 11.8 Å². The number of nitrogens with zero attached hydrogens (tertiary/aromatic N) is 3. The van der Waals surface area contributed by atoms with Gasteiger partial charge in [0.1, 0.15) is 17.5 Å². The Morgan fingerprint density at radius 3 is 2.67 bits per heavy atom. The number of hydrogen-bond acceptors (Lipinski definition) is 5. The van der Waals surface area contributed by atoms with Crippen molar-refractivity contribution >= 4 is 11.8 Å². The smallest absolute Gasteiger partial charge is 0.222 e. The SMILES string of the molecule is CC(C)[C@@H](C)Nc1nc(N)ncc1C#N. The maximum Gasteiger partial charge on any atom is 0.222 e. The molecule has 0 aromatic carbocycles. The fourth-order valence-electron chi connectivity index (χ4n) is 0.970. The average molecular weight is 205 g/mol. The molecule has 3 N–H and O–H groups in total. The molecule has 0 saturated heterocycles. The summed E-state index contributed by atoms with van der Waals surface area (Å²) in [6.07, 6.45) is 1.43. The van der Waals surface area contributed by atoms with Gasteiger partial charge >= 0.3 is 0 Å². The Hall–Kier alpha value is -1.83. The van der Waals surface area contributed by atoms with E-state index in [-0.39, 0.29) is 12.0 Å². The molecular formula is C10H15N5. The molecule has 5 nitrogen and oxygen atoms in total. The van der Waals surface area contributed by atoms with Crippen molar-refractivity contribution in [2.45, 2.75) is 26.8 Å². The van der Waals surface area contributed by atoms with Gasteiger partial charge in [-0.3, -0.25) is 0 Å². The summed E-state index contributed by atoms with van der Waals surface area (Å²) in [6.45, 7) is 6.21. The van der Waals surface area contributed by atoms with Crippen LogP contribution in [0.15, 0.2) is 6.20 Å². The number of nitriles is 1. The first-order chi connectivity index (χ1) is 7.04. The van der Waals surface area contributed by atoms with E-state index in [2.05, 4.69) is 29.1 Å². The van der Waals surface area contributed by atoms with Gasteiger partial charge in [-0.05, 0) is 12.8 Å². The van der Waals surface area contributed by atoms with Crippen LogP contribution in [-0.2, 0) is 0 Å². The van der Waals surface area contributed by atoms with Crippen LogP contribution in [0.1, 0.15) is 26.3 Å². The maximum atomic E-state index is 8.85. The van der Waals surface area contributed by atoms with Crippen LogP contribution in [0.4, 0.5) is 11.8 Å². The molecule has 1 rings (SSSR count). The lowest BCUT2D eigenvalue weighted by molar-refractivity contribution is 0.558. The van der Waals surface area contributed by atoms with Gasteiger partial charge in [-0.1, -0.05) is 13.8 Å². The fraction of sp³-hybridized carbons (Fsp3) is 0.500. The van der Waals surface area contributed by atoms with Crippen molar-refractivity contribution in [2.75, 3.05) is 11.1 Å². The first-order valence-electron chi connectivity index (χ1n) is 4.83. The van der Waals surface area contributed by atoms with Crippen molar-refractivity contribution < 1.29 is 0 Å². The number of nitrogen functional groups attached to an aromatic ring is 1. The van der Waals surface area contributed by atoms with Crippen LogP contribution in [0.3, 0.4) is 0 Å². The monoisotopic (exact) mass is 205 g/mol. The van der Waals surface area contributed by atoms with E-state index < -0.39 is 0 Å². The van der Waals surface area contributed by atoms with Crippen molar-refractivity contribution in [3.63, 3.8) is 0 Å². The summed E-state index contributed by atoms with van der Waals surface area (Å²) in [7, 11) is 0. The summed E-state index contributed by atoms with van der Waals surface area (Å²) in [5, 5.41) is 12.0. The normalized spacial score (nSPS) is 12.2. The molecule has 0 fully saturated rings. The summed E-state index contributed by atoms with van der Waals surface area (Å²) in [4.78, 5) is 7.77. The number of aromatic nitrogens is 2. The number of nitrogens with one attached hydrogen (secondary N) is 1. The Labute approximate surface area is 89.3 Å². The predicted molar refractivity (Wildman–Crippen MR) is 59.1 cm³/mol. The van der Waals surface area contributed by atoms with Gasteiger partial charge in [0.25, 0.3) is 0 Å². The second-order valence-electron chi connectivity index (χ2n) is 3.78. The fourth-order valence-corrected chi connectivity index (χ4v) is 0.970. The summed E-state index contributed by atoms with van der Waals surface area (Å²) in [5.41, 5.74) is 5.88. The lowest BCUT2D eigenvalue weighted by Crippen LogP contribution is -2.23. The molecule has 0 radical (unpaired) electrons. The average Bonchev–Trinajstić information content (AvgIpc) is 2.18. The minimum atomic E-state index is 0.174. The van der Waals surface area contributed by atoms with Crippen LogP contribution in [0, 0.1) is 17.2 Å². The van der Waals surface area contributed by atoms with Crippen molar-refractivity contribution in [3.8, 4) is 6.07 Å². The lowest BCUT2D eigenvalue weighted by Gasteiger charge is -2.18. The van der Waals surface area contributed by atoms with E-state index in [1.807, 2.05) is 13.0 Å². The highest BCUT2D eigenvalue weighted by Crippen LogP contribution is 2.14. The third-order valence-electron chi connectivity index (χ3n) is 2.29. The summed E-state index contributed by atoms with van der Waals surface area (Å²) < 4.78 is 0. The zero-order valence-corrected chi connectivity index (χ0v) is 9.15. The Morgan fingerprint density at radius 2 is 2.13 bits per heavy atom. The number of nitrogens with two attached hydrogens (primary N) is 1. The van der Waals surface area contributed by atoms with Crippen molar-refractivity contribution in [2.24, 2.45) is 5.92 Å². The largest absolute Gasteiger partial charge is 0.368 e. The summed E-state index contributed by atoms with van der Waals surface area (Å²) >= 11 is 0. The van der Waals surface area contributed by atoms with Gasteiger partial charge in [0, 0.05) is 6.04 Å². The minimum Gasteiger partial charge on any atom is -0.368 e. The van der Waals surface area contributed by atoms with Gasteiger partial charge in [-0.2, -0.15) is 10.2 Å². The number of anilines is 2. The van der Waals surface area contributed by atoms with Gasteiger partial charge in [0.2, 0.25) is 5.95 Å².